The van der Waals surface area contributed by atoms with Crippen LogP contribution < -0.4 is 0 Å². The highest BCUT2D eigenvalue weighted by Gasteiger charge is 2.24. The van der Waals surface area contributed by atoms with Gasteiger partial charge in [0.15, 0.2) is 6.10 Å². The first-order chi connectivity index (χ1) is 6.18. The molecule has 1 rings (SSSR count). The summed E-state index contributed by atoms with van der Waals surface area (Å²) in [5.41, 5.74) is 0. The molecule has 4 nitrogen and oxygen atoms in total. The number of ether oxygens (including phenoxy) is 3. The number of hydrogen-bond acceptors (Lipinski definition) is 4. The van der Waals surface area contributed by atoms with Gasteiger partial charge in [0, 0.05) is 6.61 Å². The first-order valence-corrected chi connectivity index (χ1v) is 4.59. The predicted molar refractivity (Wildman–Crippen MR) is 46.5 cm³/mol. The molecule has 0 aromatic heterocycles. The molecular formula is C9H16O4. The Hall–Kier alpha value is -0.770. The van der Waals surface area contributed by atoms with Crippen molar-refractivity contribution in [2.75, 3.05) is 19.8 Å². The topological polar surface area (TPSA) is 44.8 Å². The minimum atomic E-state index is -0.586. The van der Waals surface area contributed by atoms with Crippen LogP contribution in [-0.4, -0.2) is 32.1 Å². The Morgan fingerprint density at radius 1 is 1.62 bits per heavy atom. The van der Waals surface area contributed by atoms with Crippen LogP contribution in [0.3, 0.4) is 0 Å². The predicted octanol–water partition coefficient (Wildman–Crippen LogP) is 1.58. The van der Waals surface area contributed by atoms with E-state index in [0.717, 1.165) is 6.42 Å². The third-order valence-corrected chi connectivity index (χ3v) is 1.79. The molecule has 0 aromatic rings. The summed E-state index contributed by atoms with van der Waals surface area (Å²) < 4.78 is 14.7. The Morgan fingerprint density at radius 3 is 2.92 bits per heavy atom. The fourth-order valence-electron chi connectivity index (χ4n) is 0.981. The van der Waals surface area contributed by atoms with Gasteiger partial charge in [0.1, 0.15) is 6.61 Å². The maximum Gasteiger partial charge on any atom is 0.508 e. The Labute approximate surface area is 78.2 Å². The molecule has 0 bridgehead atoms. The minimum Gasteiger partial charge on any atom is -0.430 e. The third-order valence-electron chi connectivity index (χ3n) is 1.79. The highest BCUT2D eigenvalue weighted by atomic mass is 16.8. The molecule has 4 heteroatoms. The molecule has 0 saturated carbocycles. The van der Waals surface area contributed by atoms with Gasteiger partial charge in [-0.05, 0) is 12.3 Å². The average molecular weight is 188 g/mol. The Morgan fingerprint density at radius 2 is 2.38 bits per heavy atom. The van der Waals surface area contributed by atoms with Gasteiger partial charge in [-0.25, -0.2) is 4.79 Å². The first-order valence-electron chi connectivity index (χ1n) is 4.59. The molecule has 13 heavy (non-hydrogen) atoms. The highest BCUT2D eigenvalue weighted by Crippen LogP contribution is 2.07. The Kier molecular flexibility index (Phi) is 4.02. The maximum absolute atomic E-state index is 10.5. The van der Waals surface area contributed by atoms with Gasteiger partial charge >= 0.3 is 6.16 Å². The maximum atomic E-state index is 10.5. The van der Waals surface area contributed by atoms with Crippen LogP contribution in [0.15, 0.2) is 0 Å². The zero-order valence-electron chi connectivity index (χ0n) is 8.12. The second-order valence-electron chi connectivity index (χ2n) is 3.56. The number of carbonyl (C=O) groups excluding carboxylic acids is 1. The number of rotatable bonds is 5. The molecular weight excluding hydrogens is 172 g/mol. The van der Waals surface area contributed by atoms with Crippen molar-refractivity contribution in [2.24, 2.45) is 5.92 Å². The van der Waals surface area contributed by atoms with Gasteiger partial charge in [-0.1, -0.05) is 13.8 Å². The van der Waals surface area contributed by atoms with E-state index in [9.17, 15) is 4.79 Å². The van der Waals surface area contributed by atoms with Gasteiger partial charge in [-0.3, -0.25) is 0 Å². The first kappa shape index (κ1) is 10.3. The lowest BCUT2D eigenvalue weighted by atomic mass is 10.1. The van der Waals surface area contributed by atoms with Crippen molar-refractivity contribution in [1.29, 1.82) is 0 Å². The smallest absolute Gasteiger partial charge is 0.430 e. The molecule has 1 heterocycles. The molecule has 0 unspecified atom stereocenters. The number of carbonyl (C=O) groups is 1. The number of hydrogen-bond donors (Lipinski definition) is 0. The molecule has 0 spiro atoms. The van der Waals surface area contributed by atoms with Gasteiger partial charge in [0.05, 0.1) is 6.61 Å². The van der Waals surface area contributed by atoms with E-state index in [4.69, 9.17) is 9.47 Å². The standard InChI is InChI=1S/C9H16O4/c1-7(2)3-4-11-5-8-6-12-9(10)13-8/h7-8H,3-6H2,1-2H3/t8-/m0/s1. The monoisotopic (exact) mass is 188 g/mol. The van der Waals surface area contributed by atoms with Crippen LogP contribution >= 0.6 is 0 Å². The van der Waals surface area contributed by atoms with Gasteiger partial charge in [-0.2, -0.15) is 0 Å². The SMILES string of the molecule is CC(C)CCOC[C@H]1COC(=O)O1. The molecule has 1 aliphatic rings. The van der Waals surface area contributed by atoms with Crippen LogP contribution in [0.4, 0.5) is 4.79 Å². The minimum absolute atomic E-state index is 0.209. The molecule has 76 valence electrons. The lowest BCUT2D eigenvalue weighted by Crippen LogP contribution is -2.18. The summed E-state index contributed by atoms with van der Waals surface area (Å²) in [6.45, 7) is 5.76. The summed E-state index contributed by atoms with van der Waals surface area (Å²) in [6.07, 6.45) is 0.235. The zero-order valence-corrected chi connectivity index (χ0v) is 8.12. The summed E-state index contributed by atoms with van der Waals surface area (Å²) in [4.78, 5) is 10.5. The largest absolute Gasteiger partial charge is 0.508 e. The molecule has 0 N–H and O–H groups in total. The average Bonchev–Trinajstić information content (AvgIpc) is 2.45. The summed E-state index contributed by atoms with van der Waals surface area (Å²) in [5.74, 6) is 0.641. The van der Waals surface area contributed by atoms with E-state index in [1.807, 2.05) is 0 Å². The van der Waals surface area contributed by atoms with Crippen LogP contribution in [0.2, 0.25) is 0 Å². The van der Waals surface area contributed by atoms with E-state index < -0.39 is 6.16 Å². The molecule has 1 atom stereocenters. The van der Waals surface area contributed by atoms with Crippen molar-refractivity contribution < 1.29 is 19.0 Å². The third kappa shape index (κ3) is 4.12. The van der Waals surface area contributed by atoms with Gasteiger partial charge in [0.25, 0.3) is 0 Å². The van der Waals surface area contributed by atoms with E-state index in [0.29, 0.717) is 25.7 Å². The van der Waals surface area contributed by atoms with Crippen molar-refractivity contribution in [3.63, 3.8) is 0 Å². The summed E-state index contributed by atoms with van der Waals surface area (Å²) in [5, 5.41) is 0. The molecule has 0 aromatic carbocycles. The van der Waals surface area contributed by atoms with E-state index in [2.05, 4.69) is 18.6 Å². The number of cyclic esters (lactones) is 2. The fraction of sp³-hybridized carbons (Fsp3) is 0.889. The van der Waals surface area contributed by atoms with Crippen molar-refractivity contribution in [3.05, 3.63) is 0 Å². The van der Waals surface area contributed by atoms with Crippen LogP contribution in [0.5, 0.6) is 0 Å². The fourth-order valence-corrected chi connectivity index (χ4v) is 0.981. The van der Waals surface area contributed by atoms with Gasteiger partial charge < -0.3 is 14.2 Å². The molecule has 1 aliphatic heterocycles. The van der Waals surface area contributed by atoms with Crippen molar-refractivity contribution in [2.45, 2.75) is 26.4 Å². The highest BCUT2D eigenvalue weighted by molar-refractivity contribution is 5.61. The van der Waals surface area contributed by atoms with E-state index in [1.54, 1.807) is 0 Å². The van der Waals surface area contributed by atoms with Crippen molar-refractivity contribution in [3.8, 4) is 0 Å². The zero-order chi connectivity index (χ0) is 9.68. The van der Waals surface area contributed by atoms with Crippen LogP contribution in [0.1, 0.15) is 20.3 Å². The second kappa shape index (κ2) is 5.07. The van der Waals surface area contributed by atoms with Crippen LogP contribution in [-0.2, 0) is 14.2 Å². The van der Waals surface area contributed by atoms with Gasteiger partial charge in [0.2, 0.25) is 0 Å². The molecule has 1 saturated heterocycles. The Balaban J connectivity index is 1.97. The molecule has 0 amide bonds. The lowest BCUT2D eigenvalue weighted by Gasteiger charge is -2.08. The van der Waals surface area contributed by atoms with Crippen LogP contribution in [0, 0.1) is 5.92 Å². The van der Waals surface area contributed by atoms with Crippen molar-refractivity contribution in [1.82, 2.24) is 0 Å². The second-order valence-corrected chi connectivity index (χ2v) is 3.56. The summed E-state index contributed by atoms with van der Waals surface area (Å²) in [6, 6.07) is 0. The van der Waals surface area contributed by atoms with Crippen LogP contribution in [0.25, 0.3) is 0 Å². The van der Waals surface area contributed by atoms with E-state index >= 15 is 0 Å². The quantitative estimate of drug-likeness (QED) is 0.485. The summed E-state index contributed by atoms with van der Waals surface area (Å²) >= 11 is 0. The van der Waals surface area contributed by atoms with E-state index in [-0.39, 0.29) is 6.10 Å². The molecule has 0 aliphatic carbocycles. The molecule has 0 radical (unpaired) electrons. The lowest BCUT2D eigenvalue weighted by molar-refractivity contribution is 0.0418. The molecule has 1 fully saturated rings. The van der Waals surface area contributed by atoms with Crippen molar-refractivity contribution >= 4 is 6.16 Å². The van der Waals surface area contributed by atoms with Gasteiger partial charge in [-0.15, -0.1) is 0 Å². The summed E-state index contributed by atoms with van der Waals surface area (Å²) in [7, 11) is 0. The van der Waals surface area contributed by atoms with E-state index in [1.165, 1.54) is 0 Å². The Bertz CT molecular complexity index is 167. The normalized spacial score (nSPS) is 21.8.